The number of rotatable bonds is 7. The van der Waals surface area contributed by atoms with Gasteiger partial charge in [-0.3, -0.25) is 9.36 Å². The third-order valence-electron chi connectivity index (χ3n) is 7.12. The molecule has 1 aliphatic carbocycles. The SMILES string of the molecule is COCCN(C(=O)NC1CCCCC1)C(C)c1nc2ccccc2c(=O)n1-c1ccc(C)c(C)c1. The molecule has 0 spiro atoms. The van der Waals surface area contributed by atoms with Crippen molar-refractivity contribution in [2.45, 2.75) is 65.0 Å². The van der Waals surface area contributed by atoms with E-state index in [2.05, 4.69) is 5.32 Å². The number of nitrogens with one attached hydrogen (secondary N) is 1. The number of hydrogen-bond acceptors (Lipinski definition) is 4. The molecule has 1 fully saturated rings. The number of carbonyl (C=O) groups excluding carboxylic acids is 1. The van der Waals surface area contributed by atoms with Crippen molar-refractivity contribution < 1.29 is 9.53 Å². The van der Waals surface area contributed by atoms with Crippen LogP contribution in [0.25, 0.3) is 16.6 Å². The Morgan fingerprint density at radius 2 is 1.89 bits per heavy atom. The number of fused-ring (bicyclic) bond motifs is 1. The highest BCUT2D eigenvalue weighted by molar-refractivity contribution is 5.78. The van der Waals surface area contributed by atoms with Gasteiger partial charge in [-0.05, 0) is 69.0 Å². The minimum absolute atomic E-state index is 0.139. The van der Waals surface area contributed by atoms with Gasteiger partial charge in [0.05, 0.1) is 29.2 Å². The number of benzene rings is 2. The minimum Gasteiger partial charge on any atom is -0.383 e. The van der Waals surface area contributed by atoms with Crippen LogP contribution in [0.15, 0.2) is 47.3 Å². The van der Waals surface area contributed by atoms with Gasteiger partial charge in [-0.2, -0.15) is 0 Å². The smallest absolute Gasteiger partial charge is 0.318 e. The summed E-state index contributed by atoms with van der Waals surface area (Å²) < 4.78 is 6.99. The van der Waals surface area contributed by atoms with Crippen LogP contribution in [-0.4, -0.2) is 46.8 Å². The summed E-state index contributed by atoms with van der Waals surface area (Å²) in [5.41, 5.74) is 3.47. The summed E-state index contributed by atoms with van der Waals surface area (Å²) in [7, 11) is 1.63. The number of carbonyl (C=O) groups is 1. The maximum atomic E-state index is 13.8. The maximum absolute atomic E-state index is 13.8. The summed E-state index contributed by atoms with van der Waals surface area (Å²) in [6.45, 7) is 6.80. The number of aryl methyl sites for hydroxylation is 2. The van der Waals surface area contributed by atoms with E-state index in [4.69, 9.17) is 9.72 Å². The van der Waals surface area contributed by atoms with Crippen LogP contribution in [0.4, 0.5) is 4.79 Å². The number of para-hydroxylation sites is 1. The van der Waals surface area contributed by atoms with Crippen LogP contribution in [0.2, 0.25) is 0 Å². The molecule has 186 valence electrons. The zero-order chi connectivity index (χ0) is 24.9. The molecule has 35 heavy (non-hydrogen) atoms. The number of methoxy groups -OCH3 is 1. The highest BCUT2D eigenvalue weighted by Crippen LogP contribution is 2.25. The molecule has 0 bridgehead atoms. The zero-order valence-corrected chi connectivity index (χ0v) is 21.2. The van der Waals surface area contributed by atoms with E-state index in [1.807, 2.05) is 57.2 Å². The Hall–Kier alpha value is -3.19. The van der Waals surface area contributed by atoms with Gasteiger partial charge < -0.3 is 15.0 Å². The van der Waals surface area contributed by atoms with Crippen LogP contribution < -0.4 is 10.9 Å². The summed E-state index contributed by atoms with van der Waals surface area (Å²) in [4.78, 5) is 33.9. The van der Waals surface area contributed by atoms with Gasteiger partial charge in [0.1, 0.15) is 5.82 Å². The molecule has 0 aliphatic heterocycles. The minimum atomic E-state index is -0.451. The number of nitrogens with zero attached hydrogens (tertiary/aromatic N) is 3. The van der Waals surface area contributed by atoms with Crippen LogP contribution in [0.3, 0.4) is 0 Å². The van der Waals surface area contributed by atoms with Crippen LogP contribution in [-0.2, 0) is 4.74 Å². The van der Waals surface area contributed by atoms with Gasteiger partial charge in [-0.25, -0.2) is 9.78 Å². The van der Waals surface area contributed by atoms with Crippen LogP contribution in [0, 0.1) is 13.8 Å². The van der Waals surface area contributed by atoms with Crippen molar-refractivity contribution in [1.82, 2.24) is 19.8 Å². The average Bonchev–Trinajstić information content (AvgIpc) is 2.86. The van der Waals surface area contributed by atoms with E-state index in [1.54, 1.807) is 22.6 Å². The van der Waals surface area contributed by atoms with Crippen LogP contribution in [0.5, 0.6) is 0 Å². The molecule has 1 aliphatic rings. The molecule has 3 aromatic rings. The normalized spacial score (nSPS) is 15.2. The molecular weight excluding hydrogens is 440 g/mol. The Kier molecular flexibility index (Phi) is 7.86. The number of urea groups is 1. The second kappa shape index (κ2) is 11.0. The first-order valence-electron chi connectivity index (χ1n) is 12.6. The van der Waals surface area contributed by atoms with Crippen molar-refractivity contribution in [3.63, 3.8) is 0 Å². The van der Waals surface area contributed by atoms with E-state index < -0.39 is 6.04 Å². The summed E-state index contributed by atoms with van der Waals surface area (Å²) in [5.74, 6) is 0.534. The van der Waals surface area contributed by atoms with E-state index in [0.717, 1.165) is 42.5 Å². The molecule has 0 saturated heterocycles. The standard InChI is InChI=1S/C28H36N4O3/c1-19-14-15-23(18-20(19)2)32-26(30-25-13-9-8-12-24(25)27(32)33)21(3)31(16-17-35-4)28(34)29-22-10-6-5-7-11-22/h8-9,12-15,18,21-22H,5-7,10-11,16-17H2,1-4H3,(H,29,34). The highest BCUT2D eigenvalue weighted by atomic mass is 16.5. The molecule has 1 saturated carbocycles. The van der Waals surface area contributed by atoms with Crippen molar-refractivity contribution in [1.29, 1.82) is 0 Å². The summed E-state index contributed by atoms with van der Waals surface area (Å²) >= 11 is 0. The Morgan fingerprint density at radius 1 is 1.14 bits per heavy atom. The maximum Gasteiger partial charge on any atom is 0.318 e. The number of hydrogen-bond donors (Lipinski definition) is 1. The lowest BCUT2D eigenvalue weighted by Crippen LogP contribution is -2.48. The topological polar surface area (TPSA) is 76.5 Å². The Labute approximate surface area is 207 Å². The van der Waals surface area contributed by atoms with Crippen molar-refractivity contribution in [2.24, 2.45) is 0 Å². The summed E-state index contributed by atoms with van der Waals surface area (Å²) in [6, 6.07) is 12.9. The third kappa shape index (κ3) is 5.40. The van der Waals surface area contributed by atoms with Crippen LogP contribution in [0.1, 0.15) is 62.0 Å². The lowest BCUT2D eigenvalue weighted by atomic mass is 9.96. The second-order valence-electron chi connectivity index (χ2n) is 9.54. The van der Waals surface area contributed by atoms with Crippen molar-refractivity contribution in [3.05, 3.63) is 69.8 Å². The Balaban J connectivity index is 1.80. The first-order chi connectivity index (χ1) is 16.9. The molecule has 4 rings (SSSR count). The molecule has 1 heterocycles. The largest absolute Gasteiger partial charge is 0.383 e. The second-order valence-corrected chi connectivity index (χ2v) is 9.54. The molecule has 1 atom stereocenters. The number of amides is 2. The van der Waals surface area contributed by atoms with Gasteiger partial charge in [0.2, 0.25) is 0 Å². The predicted molar refractivity (Wildman–Crippen MR) is 139 cm³/mol. The van der Waals surface area contributed by atoms with Crippen molar-refractivity contribution in [2.75, 3.05) is 20.3 Å². The Bertz CT molecular complexity index is 1250. The van der Waals surface area contributed by atoms with Gasteiger partial charge in [0.25, 0.3) is 5.56 Å². The predicted octanol–water partition coefficient (Wildman–Crippen LogP) is 5.05. The van der Waals surface area contributed by atoms with E-state index in [9.17, 15) is 9.59 Å². The van der Waals surface area contributed by atoms with Gasteiger partial charge in [0.15, 0.2) is 0 Å². The van der Waals surface area contributed by atoms with E-state index >= 15 is 0 Å². The molecule has 7 nitrogen and oxygen atoms in total. The summed E-state index contributed by atoms with van der Waals surface area (Å²) in [6.07, 6.45) is 5.49. The lowest BCUT2D eigenvalue weighted by Gasteiger charge is -2.33. The van der Waals surface area contributed by atoms with Gasteiger partial charge in [0, 0.05) is 19.7 Å². The van der Waals surface area contributed by atoms with Gasteiger partial charge in [-0.1, -0.05) is 37.5 Å². The van der Waals surface area contributed by atoms with Gasteiger partial charge >= 0.3 is 6.03 Å². The number of ether oxygens (including phenoxy) is 1. The molecule has 7 heteroatoms. The average molecular weight is 477 g/mol. The molecule has 0 radical (unpaired) electrons. The molecule has 1 N–H and O–H groups in total. The zero-order valence-electron chi connectivity index (χ0n) is 21.2. The third-order valence-corrected chi connectivity index (χ3v) is 7.12. The quantitative estimate of drug-likeness (QED) is 0.517. The van der Waals surface area contributed by atoms with Crippen molar-refractivity contribution >= 4 is 16.9 Å². The molecular formula is C28H36N4O3. The first kappa shape index (κ1) is 24.9. The van der Waals surface area contributed by atoms with Gasteiger partial charge in [-0.15, -0.1) is 0 Å². The van der Waals surface area contributed by atoms with E-state index in [1.165, 1.54) is 6.42 Å². The fraction of sp³-hybridized carbons (Fsp3) is 0.464. The number of aromatic nitrogens is 2. The lowest BCUT2D eigenvalue weighted by molar-refractivity contribution is 0.127. The molecule has 1 unspecified atom stereocenters. The Morgan fingerprint density at radius 3 is 2.60 bits per heavy atom. The molecule has 2 amide bonds. The van der Waals surface area contributed by atoms with Crippen molar-refractivity contribution in [3.8, 4) is 5.69 Å². The van der Waals surface area contributed by atoms with Crippen LogP contribution >= 0.6 is 0 Å². The van der Waals surface area contributed by atoms with E-state index in [-0.39, 0.29) is 17.6 Å². The highest BCUT2D eigenvalue weighted by Gasteiger charge is 2.28. The fourth-order valence-electron chi connectivity index (χ4n) is 4.85. The fourth-order valence-corrected chi connectivity index (χ4v) is 4.85. The monoisotopic (exact) mass is 476 g/mol. The molecule has 1 aromatic heterocycles. The summed E-state index contributed by atoms with van der Waals surface area (Å²) in [5, 5.41) is 3.77. The molecule has 2 aromatic carbocycles. The first-order valence-corrected chi connectivity index (χ1v) is 12.6. The van der Waals surface area contributed by atoms with E-state index in [0.29, 0.717) is 29.9 Å².